The Morgan fingerprint density at radius 1 is 1.33 bits per heavy atom. The van der Waals surface area contributed by atoms with E-state index in [0.717, 1.165) is 19.4 Å². The van der Waals surface area contributed by atoms with Crippen molar-refractivity contribution >= 4 is 18.7 Å². The summed E-state index contributed by atoms with van der Waals surface area (Å²) < 4.78 is 0. The van der Waals surface area contributed by atoms with Gasteiger partial charge in [0, 0.05) is 13.1 Å². The maximum atomic E-state index is 10.5. The van der Waals surface area contributed by atoms with Gasteiger partial charge >= 0.3 is 0 Å². The molecule has 0 spiro atoms. The van der Waals surface area contributed by atoms with Gasteiger partial charge in [0.05, 0.1) is 0 Å². The van der Waals surface area contributed by atoms with Crippen LogP contribution in [0.3, 0.4) is 0 Å². The van der Waals surface area contributed by atoms with Crippen LogP contribution in [0.4, 0.5) is 0 Å². The number of nitrogens with zero attached hydrogens (tertiary/aromatic N) is 1. The lowest BCUT2D eigenvalue weighted by atomic mass is 10.1. The van der Waals surface area contributed by atoms with E-state index < -0.39 is 0 Å². The normalized spacial score (nSPS) is 21.1. The number of carbonyl (C=O) groups is 1. The quantitative estimate of drug-likeness (QED) is 0.667. The molecule has 72 valence electrons. The molecule has 0 aromatic carbocycles. The molecule has 0 radical (unpaired) electrons. The van der Waals surface area contributed by atoms with Gasteiger partial charge in [0.15, 0.2) is 6.29 Å². The molecule has 1 unspecified atom stereocenters. The molecule has 12 heavy (non-hydrogen) atoms. The summed E-state index contributed by atoms with van der Waals surface area (Å²) >= 11 is 0. The molecule has 1 N–H and O–H groups in total. The van der Waals surface area contributed by atoms with Gasteiger partial charge in [-0.1, -0.05) is 6.42 Å². The van der Waals surface area contributed by atoms with Crippen molar-refractivity contribution in [2.75, 3.05) is 20.1 Å². The van der Waals surface area contributed by atoms with Gasteiger partial charge in [-0.15, -0.1) is 12.4 Å². The minimum atomic E-state index is -0.0599. The molecule has 4 heteroatoms. The number of piperidine rings is 1. The van der Waals surface area contributed by atoms with Crippen LogP contribution in [0.15, 0.2) is 0 Å². The van der Waals surface area contributed by atoms with Gasteiger partial charge in [-0.25, -0.2) is 0 Å². The second kappa shape index (κ2) is 6.40. The van der Waals surface area contributed by atoms with Crippen molar-refractivity contribution < 1.29 is 4.79 Å². The molecule has 0 aromatic rings. The van der Waals surface area contributed by atoms with Crippen molar-refractivity contribution in [3.8, 4) is 0 Å². The highest BCUT2D eigenvalue weighted by atomic mass is 35.5. The molecule has 1 fully saturated rings. The van der Waals surface area contributed by atoms with Gasteiger partial charge in [-0.05, 0) is 19.9 Å². The summed E-state index contributed by atoms with van der Waals surface area (Å²) in [6.07, 6.45) is 4.69. The number of aldehydes is 1. The fourth-order valence-electron chi connectivity index (χ4n) is 1.53. The van der Waals surface area contributed by atoms with Crippen LogP contribution in [0, 0.1) is 0 Å². The van der Waals surface area contributed by atoms with Crippen molar-refractivity contribution in [2.45, 2.75) is 25.4 Å². The van der Waals surface area contributed by atoms with Crippen LogP contribution < -0.4 is 5.32 Å². The summed E-state index contributed by atoms with van der Waals surface area (Å²) in [6.45, 7) is 2.12. The monoisotopic (exact) mass is 192 g/mol. The zero-order valence-electron chi connectivity index (χ0n) is 7.45. The third-order valence-corrected chi connectivity index (χ3v) is 2.21. The average molecular weight is 193 g/mol. The van der Waals surface area contributed by atoms with E-state index in [4.69, 9.17) is 0 Å². The summed E-state index contributed by atoms with van der Waals surface area (Å²) in [5.74, 6) is 0. The van der Waals surface area contributed by atoms with Crippen molar-refractivity contribution in [1.82, 2.24) is 10.2 Å². The number of nitrogens with one attached hydrogen (secondary N) is 1. The van der Waals surface area contributed by atoms with Crippen molar-refractivity contribution in [1.29, 1.82) is 0 Å². The molecule has 1 saturated heterocycles. The number of likely N-dealkylation sites (tertiary alicyclic amines) is 1. The molecule has 1 heterocycles. The van der Waals surface area contributed by atoms with E-state index >= 15 is 0 Å². The number of halogens is 1. The fourth-order valence-corrected chi connectivity index (χ4v) is 1.53. The lowest BCUT2D eigenvalue weighted by molar-refractivity contribution is -0.113. The predicted molar refractivity (Wildman–Crippen MR) is 51.6 cm³/mol. The van der Waals surface area contributed by atoms with Gasteiger partial charge in [0.2, 0.25) is 0 Å². The topological polar surface area (TPSA) is 32.3 Å². The lowest BCUT2D eigenvalue weighted by Gasteiger charge is -2.30. The highest BCUT2D eigenvalue weighted by Crippen LogP contribution is 2.09. The summed E-state index contributed by atoms with van der Waals surface area (Å²) in [5, 5.41) is 2.98. The Kier molecular flexibility index (Phi) is 6.34. The average Bonchev–Trinajstić information content (AvgIpc) is 2.09. The van der Waals surface area contributed by atoms with Crippen molar-refractivity contribution in [2.24, 2.45) is 0 Å². The predicted octanol–water partition coefficient (Wildman–Crippen LogP) is 0.638. The summed E-state index contributed by atoms with van der Waals surface area (Å²) in [4.78, 5) is 12.7. The first kappa shape index (κ1) is 11.9. The molecule has 1 aliphatic rings. The highest BCUT2D eigenvalue weighted by molar-refractivity contribution is 5.85. The van der Waals surface area contributed by atoms with E-state index in [9.17, 15) is 4.79 Å². The molecule has 0 aromatic heterocycles. The van der Waals surface area contributed by atoms with Gasteiger partial charge < -0.3 is 4.79 Å². The van der Waals surface area contributed by atoms with Crippen molar-refractivity contribution in [3.05, 3.63) is 0 Å². The van der Waals surface area contributed by atoms with E-state index in [0.29, 0.717) is 0 Å². The largest absolute Gasteiger partial charge is 0.300 e. The lowest BCUT2D eigenvalue weighted by Crippen LogP contribution is -2.47. The number of hydrogen-bond donors (Lipinski definition) is 1. The van der Waals surface area contributed by atoms with Crippen LogP contribution >= 0.6 is 12.4 Å². The minimum Gasteiger partial charge on any atom is -0.300 e. The second-order valence-corrected chi connectivity index (χ2v) is 2.97. The van der Waals surface area contributed by atoms with Crippen LogP contribution in [-0.2, 0) is 4.79 Å². The number of likely N-dealkylation sites (N-methyl/N-ethyl adjacent to an activating group) is 1. The van der Waals surface area contributed by atoms with Crippen molar-refractivity contribution in [3.63, 3.8) is 0 Å². The van der Waals surface area contributed by atoms with Crippen LogP contribution in [0.25, 0.3) is 0 Å². The Hall–Kier alpha value is -0.120. The first-order chi connectivity index (χ1) is 5.38. The van der Waals surface area contributed by atoms with Crippen LogP contribution in [0.2, 0.25) is 0 Å². The molecule has 0 bridgehead atoms. The minimum absolute atomic E-state index is 0. The first-order valence-corrected chi connectivity index (χ1v) is 4.25. The first-order valence-electron chi connectivity index (χ1n) is 4.25. The Morgan fingerprint density at radius 2 is 1.92 bits per heavy atom. The maximum Gasteiger partial charge on any atom is 0.151 e. The summed E-state index contributed by atoms with van der Waals surface area (Å²) in [6, 6.07) is 0. The zero-order valence-corrected chi connectivity index (χ0v) is 8.27. The third-order valence-electron chi connectivity index (χ3n) is 2.21. The molecule has 1 atom stereocenters. The standard InChI is InChI=1S/C8H16N2O.ClH/c1-9-8(7-11)10-5-3-2-4-6-10;/h7-9H,2-6H2,1H3;1H. The number of carbonyl (C=O) groups excluding carboxylic acids is 1. The van der Waals surface area contributed by atoms with Crippen LogP contribution in [0.1, 0.15) is 19.3 Å². The molecular formula is C8H17ClN2O. The van der Waals surface area contributed by atoms with E-state index in [-0.39, 0.29) is 18.6 Å². The van der Waals surface area contributed by atoms with Crippen LogP contribution in [-0.4, -0.2) is 37.5 Å². The van der Waals surface area contributed by atoms with E-state index in [1.165, 1.54) is 19.3 Å². The second-order valence-electron chi connectivity index (χ2n) is 2.97. The summed E-state index contributed by atoms with van der Waals surface area (Å²) in [5.41, 5.74) is 0. The molecule has 3 nitrogen and oxygen atoms in total. The van der Waals surface area contributed by atoms with Gasteiger partial charge in [0.25, 0.3) is 0 Å². The smallest absolute Gasteiger partial charge is 0.151 e. The Bertz CT molecular complexity index is 126. The third kappa shape index (κ3) is 3.09. The molecule has 1 aliphatic heterocycles. The number of hydrogen-bond acceptors (Lipinski definition) is 3. The Labute approximate surface area is 79.9 Å². The van der Waals surface area contributed by atoms with E-state index in [1.54, 1.807) is 0 Å². The molecule has 0 aliphatic carbocycles. The highest BCUT2D eigenvalue weighted by Gasteiger charge is 2.17. The number of rotatable bonds is 3. The SMILES string of the molecule is CNC(C=O)N1CCCCC1.Cl. The zero-order chi connectivity index (χ0) is 8.10. The van der Waals surface area contributed by atoms with Crippen LogP contribution in [0.5, 0.6) is 0 Å². The summed E-state index contributed by atoms with van der Waals surface area (Å²) in [7, 11) is 1.83. The molecule has 0 saturated carbocycles. The van der Waals surface area contributed by atoms with E-state index in [1.807, 2.05) is 7.05 Å². The molecule has 1 rings (SSSR count). The van der Waals surface area contributed by atoms with Gasteiger partial charge in [-0.3, -0.25) is 10.2 Å². The Morgan fingerprint density at radius 3 is 2.33 bits per heavy atom. The molecular weight excluding hydrogens is 176 g/mol. The van der Waals surface area contributed by atoms with Gasteiger partial charge in [-0.2, -0.15) is 0 Å². The Balaban J connectivity index is 0.00000121. The molecule has 0 amide bonds. The fraction of sp³-hybridized carbons (Fsp3) is 0.875. The maximum absolute atomic E-state index is 10.5. The van der Waals surface area contributed by atoms with Gasteiger partial charge in [0.1, 0.15) is 6.17 Å². The van der Waals surface area contributed by atoms with E-state index in [2.05, 4.69) is 10.2 Å².